The third kappa shape index (κ3) is 5.35. The molecule has 0 radical (unpaired) electrons. The lowest BCUT2D eigenvalue weighted by molar-refractivity contribution is -0.120. The molecule has 2 aromatic carbocycles. The number of aromatic nitrogens is 1. The normalized spacial score (nSPS) is 11.2. The van der Waals surface area contributed by atoms with E-state index in [0.29, 0.717) is 11.7 Å². The zero-order chi connectivity index (χ0) is 22.4. The molecule has 1 heterocycles. The Morgan fingerprint density at radius 3 is 2.42 bits per heavy atom. The molecule has 0 N–H and O–H groups in total. The maximum atomic E-state index is 13.3. The van der Waals surface area contributed by atoms with Crippen molar-refractivity contribution < 1.29 is 14.3 Å². The summed E-state index contributed by atoms with van der Waals surface area (Å²) in [4.78, 5) is 22.1. The Hall–Kier alpha value is -2.64. The quantitative estimate of drug-likeness (QED) is 0.457. The van der Waals surface area contributed by atoms with Gasteiger partial charge in [0, 0.05) is 13.1 Å². The Balaban J connectivity index is 1.88. The number of aryl methyl sites for hydroxylation is 2. The van der Waals surface area contributed by atoms with Crippen LogP contribution in [0.3, 0.4) is 0 Å². The van der Waals surface area contributed by atoms with Crippen LogP contribution in [0.4, 0.5) is 5.13 Å². The molecule has 0 aliphatic carbocycles. The fraction of sp³-hybridized carbons (Fsp3) is 0.417. The van der Waals surface area contributed by atoms with Crippen molar-refractivity contribution >= 4 is 32.6 Å². The average molecular weight is 442 g/mol. The van der Waals surface area contributed by atoms with Crippen LogP contribution in [0, 0.1) is 13.8 Å². The Bertz CT molecular complexity index is 1030. The SMILES string of the molecule is CCN(CC)CCN(C(=O)COc1ccccc1C)c1nc2c(OC)ccc(C)c2s1. The van der Waals surface area contributed by atoms with Crippen molar-refractivity contribution in [1.29, 1.82) is 0 Å². The van der Waals surface area contributed by atoms with E-state index >= 15 is 0 Å². The molecule has 0 saturated carbocycles. The van der Waals surface area contributed by atoms with Crippen LogP contribution in [-0.4, -0.2) is 55.7 Å². The number of likely N-dealkylation sites (N-methyl/N-ethyl adjacent to an activating group) is 1. The zero-order valence-corrected chi connectivity index (χ0v) is 19.8. The first kappa shape index (κ1) is 23.0. The van der Waals surface area contributed by atoms with Gasteiger partial charge in [0.25, 0.3) is 5.91 Å². The fourth-order valence-electron chi connectivity index (χ4n) is 3.42. The number of anilines is 1. The number of methoxy groups -OCH3 is 1. The molecule has 0 aliphatic rings. The summed E-state index contributed by atoms with van der Waals surface area (Å²) in [6.07, 6.45) is 0. The highest BCUT2D eigenvalue weighted by molar-refractivity contribution is 7.22. The molecule has 166 valence electrons. The van der Waals surface area contributed by atoms with Gasteiger partial charge in [0.2, 0.25) is 0 Å². The number of hydrogen-bond acceptors (Lipinski definition) is 6. The van der Waals surface area contributed by atoms with E-state index in [1.165, 1.54) is 11.3 Å². The van der Waals surface area contributed by atoms with E-state index < -0.39 is 0 Å². The molecule has 3 rings (SSSR count). The number of para-hydroxylation sites is 1. The number of carbonyl (C=O) groups is 1. The van der Waals surface area contributed by atoms with Gasteiger partial charge in [0.1, 0.15) is 17.0 Å². The van der Waals surface area contributed by atoms with E-state index in [0.717, 1.165) is 52.5 Å². The lowest BCUT2D eigenvalue weighted by Gasteiger charge is -2.24. The molecule has 0 saturated heterocycles. The molecule has 6 nitrogen and oxygen atoms in total. The number of hydrogen-bond donors (Lipinski definition) is 0. The van der Waals surface area contributed by atoms with Gasteiger partial charge in [-0.3, -0.25) is 9.69 Å². The molecule has 1 aromatic heterocycles. The topological polar surface area (TPSA) is 54.9 Å². The standard InChI is InChI=1S/C24H31N3O3S/c1-6-26(7-2)14-15-27(21(28)16-30-19-11-9-8-10-17(19)3)24-25-22-20(29-5)13-12-18(4)23(22)31-24/h8-13H,6-7,14-16H2,1-5H3. The molecule has 1 amide bonds. The third-order valence-electron chi connectivity index (χ3n) is 5.42. The van der Waals surface area contributed by atoms with Crippen LogP contribution in [0.1, 0.15) is 25.0 Å². The van der Waals surface area contributed by atoms with Gasteiger partial charge in [0.15, 0.2) is 11.7 Å². The number of amides is 1. The van der Waals surface area contributed by atoms with E-state index in [4.69, 9.17) is 14.5 Å². The molecule has 3 aromatic rings. The van der Waals surface area contributed by atoms with Crippen molar-refractivity contribution in [3.05, 3.63) is 47.5 Å². The van der Waals surface area contributed by atoms with E-state index in [1.807, 2.05) is 50.2 Å². The first-order valence-electron chi connectivity index (χ1n) is 10.6. The molecule has 0 fully saturated rings. The predicted molar refractivity (Wildman–Crippen MR) is 128 cm³/mol. The molecule has 31 heavy (non-hydrogen) atoms. The summed E-state index contributed by atoms with van der Waals surface area (Å²) in [5.41, 5.74) is 2.92. The maximum absolute atomic E-state index is 13.3. The van der Waals surface area contributed by atoms with Crippen molar-refractivity contribution in [2.75, 3.05) is 44.8 Å². The van der Waals surface area contributed by atoms with Gasteiger partial charge in [0.05, 0.1) is 11.8 Å². The third-order valence-corrected chi connectivity index (χ3v) is 6.64. The number of nitrogens with zero attached hydrogens (tertiary/aromatic N) is 3. The van der Waals surface area contributed by atoms with Gasteiger partial charge >= 0.3 is 0 Å². The molecule has 0 unspecified atom stereocenters. The Labute approximate surface area is 188 Å². The van der Waals surface area contributed by atoms with Crippen LogP contribution in [0.2, 0.25) is 0 Å². The number of benzene rings is 2. The molecule has 0 aliphatic heterocycles. The molecule has 0 atom stereocenters. The van der Waals surface area contributed by atoms with Crippen molar-refractivity contribution in [3.63, 3.8) is 0 Å². The average Bonchev–Trinajstić information content (AvgIpc) is 3.22. The number of fused-ring (bicyclic) bond motifs is 1. The number of carbonyl (C=O) groups excluding carboxylic acids is 1. The lowest BCUT2D eigenvalue weighted by atomic mass is 10.2. The zero-order valence-electron chi connectivity index (χ0n) is 19.0. The van der Waals surface area contributed by atoms with Gasteiger partial charge in [-0.1, -0.05) is 49.4 Å². The van der Waals surface area contributed by atoms with E-state index in [9.17, 15) is 4.79 Å². The molecule has 0 bridgehead atoms. The van der Waals surface area contributed by atoms with Crippen LogP contribution in [0.15, 0.2) is 36.4 Å². The second-order valence-corrected chi connectivity index (χ2v) is 8.36. The number of thiazole rings is 1. The molecule has 7 heteroatoms. The second-order valence-electron chi connectivity index (χ2n) is 7.39. The van der Waals surface area contributed by atoms with Gasteiger partial charge in [-0.05, 0) is 50.2 Å². The summed E-state index contributed by atoms with van der Waals surface area (Å²) >= 11 is 1.52. The molecular weight excluding hydrogens is 410 g/mol. The highest BCUT2D eigenvalue weighted by atomic mass is 32.1. The van der Waals surface area contributed by atoms with Crippen molar-refractivity contribution in [2.45, 2.75) is 27.7 Å². The first-order valence-corrected chi connectivity index (χ1v) is 11.4. The van der Waals surface area contributed by atoms with Gasteiger partial charge in [-0.15, -0.1) is 0 Å². The number of rotatable bonds is 10. The lowest BCUT2D eigenvalue weighted by Crippen LogP contribution is -2.41. The highest BCUT2D eigenvalue weighted by Crippen LogP contribution is 2.36. The van der Waals surface area contributed by atoms with Gasteiger partial charge in [-0.2, -0.15) is 0 Å². The highest BCUT2D eigenvalue weighted by Gasteiger charge is 2.23. The molecule has 0 spiro atoms. The summed E-state index contributed by atoms with van der Waals surface area (Å²) in [6, 6.07) is 11.7. The first-order chi connectivity index (χ1) is 15.0. The summed E-state index contributed by atoms with van der Waals surface area (Å²) in [5, 5.41) is 0.674. The Kier molecular flexibility index (Phi) is 7.87. The number of ether oxygens (including phenoxy) is 2. The summed E-state index contributed by atoms with van der Waals surface area (Å²) in [5.74, 6) is 1.34. The van der Waals surface area contributed by atoms with Crippen molar-refractivity contribution in [2.24, 2.45) is 0 Å². The second kappa shape index (κ2) is 10.6. The molecular formula is C24H31N3O3S. The summed E-state index contributed by atoms with van der Waals surface area (Å²) in [6.45, 7) is 11.4. The smallest absolute Gasteiger partial charge is 0.266 e. The van der Waals surface area contributed by atoms with E-state index in [2.05, 4.69) is 18.7 Å². The van der Waals surface area contributed by atoms with Crippen LogP contribution in [0.5, 0.6) is 11.5 Å². The van der Waals surface area contributed by atoms with E-state index in [1.54, 1.807) is 12.0 Å². The summed E-state index contributed by atoms with van der Waals surface area (Å²) in [7, 11) is 1.64. The fourth-order valence-corrected chi connectivity index (χ4v) is 4.52. The van der Waals surface area contributed by atoms with Crippen LogP contribution in [-0.2, 0) is 4.79 Å². The van der Waals surface area contributed by atoms with E-state index in [-0.39, 0.29) is 12.5 Å². The maximum Gasteiger partial charge on any atom is 0.266 e. The minimum Gasteiger partial charge on any atom is -0.494 e. The minimum atomic E-state index is -0.105. The Morgan fingerprint density at radius 1 is 1.00 bits per heavy atom. The van der Waals surface area contributed by atoms with Gasteiger partial charge < -0.3 is 14.4 Å². The largest absolute Gasteiger partial charge is 0.494 e. The summed E-state index contributed by atoms with van der Waals surface area (Å²) < 4.78 is 12.4. The van der Waals surface area contributed by atoms with Crippen LogP contribution >= 0.6 is 11.3 Å². The Morgan fingerprint density at radius 2 is 1.74 bits per heavy atom. The van der Waals surface area contributed by atoms with Crippen LogP contribution in [0.25, 0.3) is 10.2 Å². The minimum absolute atomic E-state index is 0.0326. The van der Waals surface area contributed by atoms with Gasteiger partial charge in [-0.25, -0.2) is 4.98 Å². The van der Waals surface area contributed by atoms with Crippen molar-refractivity contribution in [1.82, 2.24) is 9.88 Å². The monoisotopic (exact) mass is 441 g/mol. The van der Waals surface area contributed by atoms with Crippen LogP contribution < -0.4 is 14.4 Å². The predicted octanol–water partition coefficient (Wildman–Crippen LogP) is 4.68. The van der Waals surface area contributed by atoms with Crippen molar-refractivity contribution in [3.8, 4) is 11.5 Å².